The Kier molecular flexibility index (Phi) is 6.49. The molecule has 7 heteroatoms. The van der Waals surface area contributed by atoms with Crippen molar-refractivity contribution in [2.45, 2.75) is 25.5 Å². The lowest BCUT2D eigenvalue weighted by molar-refractivity contribution is -0.121. The van der Waals surface area contributed by atoms with E-state index >= 15 is 0 Å². The van der Waals surface area contributed by atoms with Crippen LogP contribution in [0.15, 0.2) is 51.6 Å². The number of benzene rings is 1. The Bertz CT molecular complexity index is 813. The maximum atomic E-state index is 11.9. The fourth-order valence-corrected chi connectivity index (χ4v) is 3.07. The summed E-state index contributed by atoms with van der Waals surface area (Å²) in [4.78, 5) is 16.2. The minimum absolute atomic E-state index is 0.0151. The molecule has 1 amide bonds. The van der Waals surface area contributed by atoms with E-state index in [4.69, 9.17) is 8.94 Å². The largest absolute Gasteiger partial charge is 0.468 e. The second-order valence-electron chi connectivity index (χ2n) is 5.86. The second kappa shape index (κ2) is 9.24. The third kappa shape index (κ3) is 5.49. The topological polar surface area (TPSA) is 81.2 Å². The highest BCUT2D eigenvalue weighted by molar-refractivity contribution is 7.98. The number of carbonyl (C=O) groups is 1. The first kappa shape index (κ1) is 18.3. The van der Waals surface area contributed by atoms with Gasteiger partial charge in [-0.2, -0.15) is 16.7 Å². The van der Waals surface area contributed by atoms with Crippen molar-refractivity contribution < 1.29 is 13.7 Å². The second-order valence-corrected chi connectivity index (χ2v) is 6.96. The van der Waals surface area contributed by atoms with Crippen molar-refractivity contribution >= 4 is 17.7 Å². The van der Waals surface area contributed by atoms with Gasteiger partial charge in [0.05, 0.1) is 12.0 Å². The molecule has 0 spiro atoms. The number of aromatic nitrogens is 2. The van der Waals surface area contributed by atoms with Gasteiger partial charge in [-0.05, 0) is 19.1 Å². The quantitative estimate of drug-likeness (QED) is 0.579. The van der Waals surface area contributed by atoms with Crippen LogP contribution in [0, 0.1) is 6.92 Å². The fourth-order valence-electron chi connectivity index (χ4n) is 2.32. The highest BCUT2D eigenvalue weighted by Gasteiger charge is 2.10. The van der Waals surface area contributed by atoms with Gasteiger partial charge < -0.3 is 14.3 Å². The van der Waals surface area contributed by atoms with E-state index in [1.54, 1.807) is 18.0 Å². The van der Waals surface area contributed by atoms with Crippen LogP contribution in [0.25, 0.3) is 11.4 Å². The normalized spacial score (nSPS) is 10.8. The lowest BCUT2D eigenvalue weighted by Gasteiger charge is -2.03. The monoisotopic (exact) mass is 371 g/mol. The van der Waals surface area contributed by atoms with Gasteiger partial charge in [-0.15, -0.1) is 0 Å². The summed E-state index contributed by atoms with van der Waals surface area (Å²) in [6.45, 7) is 2.65. The molecule has 2 aromatic heterocycles. The van der Waals surface area contributed by atoms with Gasteiger partial charge in [-0.25, -0.2) is 0 Å². The Morgan fingerprint density at radius 2 is 2.08 bits per heavy atom. The molecule has 3 rings (SSSR count). The molecule has 1 N–H and O–H groups in total. The molecule has 3 aromatic rings. The number of carbonyl (C=O) groups excluding carboxylic acids is 1. The molecule has 0 unspecified atom stereocenters. The Balaban J connectivity index is 1.34. The number of hydrogen-bond donors (Lipinski definition) is 1. The molecule has 0 aliphatic carbocycles. The summed E-state index contributed by atoms with van der Waals surface area (Å²) in [6, 6.07) is 11.7. The summed E-state index contributed by atoms with van der Waals surface area (Å²) >= 11 is 1.72. The summed E-state index contributed by atoms with van der Waals surface area (Å²) < 4.78 is 10.5. The smallest absolute Gasteiger partial charge is 0.227 e. The Labute approximate surface area is 156 Å². The minimum Gasteiger partial charge on any atom is -0.468 e. The van der Waals surface area contributed by atoms with Gasteiger partial charge in [0, 0.05) is 30.7 Å². The molecule has 136 valence electrons. The number of amides is 1. The molecular formula is C19H21N3O3S. The van der Waals surface area contributed by atoms with E-state index in [0.717, 1.165) is 22.8 Å². The van der Waals surface area contributed by atoms with Crippen molar-refractivity contribution in [2.24, 2.45) is 0 Å². The molecule has 0 fully saturated rings. The van der Waals surface area contributed by atoms with E-state index in [1.807, 2.05) is 43.3 Å². The molecule has 0 aliphatic heterocycles. The van der Waals surface area contributed by atoms with Crippen molar-refractivity contribution in [3.63, 3.8) is 0 Å². The Morgan fingerprint density at radius 3 is 2.85 bits per heavy atom. The molecule has 2 heterocycles. The number of thioether (sulfide) groups is 1. The minimum atomic E-state index is -0.0151. The predicted octanol–water partition coefficient (Wildman–Crippen LogP) is 3.62. The molecule has 26 heavy (non-hydrogen) atoms. The van der Waals surface area contributed by atoms with Crippen LogP contribution in [0.5, 0.6) is 0 Å². The maximum absolute atomic E-state index is 11.9. The SMILES string of the molecule is Cc1ccc(-c2noc(CCC(=O)NCCSCc3ccco3)n2)cc1. The molecule has 0 bridgehead atoms. The molecule has 6 nitrogen and oxygen atoms in total. The summed E-state index contributed by atoms with van der Waals surface area (Å²) in [5.41, 5.74) is 2.08. The van der Waals surface area contributed by atoms with Crippen LogP contribution >= 0.6 is 11.8 Å². The number of nitrogens with zero attached hydrogens (tertiary/aromatic N) is 2. The standard InChI is InChI=1S/C19H21N3O3S/c1-14-4-6-15(7-5-14)19-21-18(25-22-19)9-8-17(23)20-10-12-26-13-16-3-2-11-24-16/h2-7,11H,8-10,12-13H2,1H3,(H,20,23). The highest BCUT2D eigenvalue weighted by Crippen LogP contribution is 2.16. The molecule has 0 radical (unpaired) electrons. The lowest BCUT2D eigenvalue weighted by Crippen LogP contribution is -2.25. The molecular weight excluding hydrogens is 350 g/mol. The molecule has 0 saturated heterocycles. The van der Waals surface area contributed by atoms with Gasteiger partial charge in [0.25, 0.3) is 0 Å². The molecule has 0 saturated carbocycles. The van der Waals surface area contributed by atoms with Crippen LogP contribution in [-0.4, -0.2) is 28.3 Å². The fraction of sp³-hybridized carbons (Fsp3) is 0.316. The lowest BCUT2D eigenvalue weighted by atomic mass is 10.1. The first-order chi connectivity index (χ1) is 12.7. The van der Waals surface area contributed by atoms with Crippen LogP contribution in [-0.2, 0) is 17.0 Å². The van der Waals surface area contributed by atoms with Crippen LogP contribution in [0.3, 0.4) is 0 Å². The first-order valence-electron chi connectivity index (χ1n) is 8.47. The van der Waals surface area contributed by atoms with E-state index in [9.17, 15) is 4.79 Å². The number of rotatable bonds is 9. The van der Waals surface area contributed by atoms with E-state index in [1.165, 1.54) is 5.56 Å². The number of hydrogen-bond acceptors (Lipinski definition) is 6. The van der Waals surface area contributed by atoms with Crippen molar-refractivity contribution in [1.82, 2.24) is 15.5 Å². The maximum Gasteiger partial charge on any atom is 0.227 e. The average Bonchev–Trinajstić information content (AvgIpc) is 3.32. The zero-order valence-electron chi connectivity index (χ0n) is 14.6. The van der Waals surface area contributed by atoms with Gasteiger partial charge in [0.2, 0.25) is 17.6 Å². The van der Waals surface area contributed by atoms with Gasteiger partial charge in [-0.3, -0.25) is 4.79 Å². The number of nitrogens with one attached hydrogen (secondary N) is 1. The third-order valence-electron chi connectivity index (χ3n) is 3.74. The van der Waals surface area contributed by atoms with Crippen LogP contribution in [0.1, 0.15) is 23.6 Å². The van der Waals surface area contributed by atoms with E-state index in [0.29, 0.717) is 31.1 Å². The van der Waals surface area contributed by atoms with Crippen molar-refractivity contribution in [3.8, 4) is 11.4 Å². The van der Waals surface area contributed by atoms with E-state index in [2.05, 4.69) is 15.5 Å². The zero-order chi connectivity index (χ0) is 18.2. The molecule has 0 atom stereocenters. The summed E-state index contributed by atoms with van der Waals surface area (Å²) in [7, 11) is 0. The summed E-state index contributed by atoms with van der Waals surface area (Å²) in [5, 5.41) is 6.87. The average molecular weight is 371 g/mol. The van der Waals surface area contributed by atoms with Gasteiger partial charge >= 0.3 is 0 Å². The van der Waals surface area contributed by atoms with Gasteiger partial charge in [-0.1, -0.05) is 35.0 Å². The van der Waals surface area contributed by atoms with Crippen molar-refractivity contribution in [1.29, 1.82) is 0 Å². The Morgan fingerprint density at radius 1 is 1.23 bits per heavy atom. The Hall–Kier alpha value is -2.54. The predicted molar refractivity (Wildman–Crippen MR) is 101 cm³/mol. The van der Waals surface area contributed by atoms with Crippen molar-refractivity contribution in [2.75, 3.05) is 12.3 Å². The highest BCUT2D eigenvalue weighted by atomic mass is 32.2. The van der Waals surface area contributed by atoms with Crippen LogP contribution < -0.4 is 5.32 Å². The number of aryl methyl sites for hydroxylation is 2. The number of furan rings is 1. The molecule has 0 aliphatic rings. The van der Waals surface area contributed by atoms with Gasteiger partial charge in [0.15, 0.2) is 0 Å². The zero-order valence-corrected chi connectivity index (χ0v) is 15.4. The van der Waals surface area contributed by atoms with Crippen LogP contribution in [0.2, 0.25) is 0 Å². The summed E-state index contributed by atoms with van der Waals surface area (Å²) in [5.74, 6) is 3.61. The van der Waals surface area contributed by atoms with Crippen molar-refractivity contribution in [3.05, 3.63) is 59.9 Å². The van der Waals surface area contributed by atoms with Crippen LogP contribution in [0.4, 0.5) is 0 Å². The summed E-state index contributed by atoms with van der Waals surface area (Å²) in [6.07, 6.45) is 2.43. The van der Waals surface area contributed by atoms with Gasteiger partial charge in [0.1, 0.15) is 5.76 Å². The molecule has 1 aromatic carbocycles. The first-order valence-corrected chi connectivity index (χ1v) is 9.62. The van der Waals surface area contributed by atoms with E-state index in [-0.39, 0.29) is 5.91 Å². The third-order valence-corrected chi connectivity index (χ3v) is 4.72. The van der Waals surface area contributed by atoms with E-state index < -0.39 is 0 Å².